The van der Waals surface area contributed by atoms with E-state index in [2.05, 4.69) is 4.52 Å². The fourth-order valence-electron chi connectivity index (χ4n) is 0.610. The highest BCUT2D eigenvalue weighted by Crippen LogP contribution is 2.24. The summed E-state index contributed by atoms with van der Waals surface area (Å²) in [7, 11) is -2.33. The number of unbranched alkanes of at least 4 members (excludes halogenated alkanes) is 1. The quantitative estimate of drug-likeness (QED) is 0.214. The second-order valence-corrected chi connectivity index (χ2v) is 3.08. The third-order valence-corrected chi connectivity index (χ3v) is 1.53. The van der Waals surface area contributed by atoms with E-state index in [4.69, 9.17) is 25.1 Å². The summed E-state index contributed by atoms with van der Waals surface area (Å²) in [4.78, 5) is 16.5. The van der Waals surface area contributed by atoms with E-state index in [1.54, 1.807) is 0 Å². The zero-order valence-electron chi connectivity index (χ0n) is 6.42. The number of hydrogen-bond acceptors (Lipinski definition) is 6. The maximum absolute atomic E-state index is 8.40. The molecule has 5 N–H and O–H groups in total. The lowest BCUT2D eigenvalue weighted by atomic mass is 10.2. The van der Waals surface area contributed by atoms with Crippen molar-refractivity contribution >= 4 is 8.60 Å². The Hall–Kier alpha value is 0.190. The van der Waals surface area contributed by atoms with Crippen LogP contribution >= 0.6 is 8.60 Å². The van der Waals surface area contributed by atoms with Crippen LogP contribution in [0.4, 0.5) is 0 Å². The molecule has 0 rings (SSSR count). The molecule has 0 aliphatic carbocycles. The zero-order valence-corrected chi connectivity index (χ0v) is 7.31. The second-order valence-electron chi connectivity index (χ2n) is 2.32. The minimum absolute atomic E-state index is 0.120. The molecule has 0 unspecified atom stereocenters. The van der Waals surface area contributed by atoms with Gasteiger partial charge in [0.25, 0.3) is 5.97 Å². The number of aliphatic hydroxyl groups is 3. The van der Waals surface area contributed by atoms with Crippen LogP contribution in [0.1, 0.15) is 19.3 Å². The average molecular weight is 200 g/mol. The molecule has 0 heterocycles. The van der Waals surface area contributed by atoms with Gasteiger partial charge in [0.05, 0.1) is 6.61 Å². The Morgan fingerprint density at radius 2 is 1.67 bits per heavy atom. The van der Waals surface area contributed by atoms with Gasteiger partial charge in [0, 0.05) is 6.42 Å². The lowest BCUT2D eigenvalue weighted by molar-refractivity contribution is -0.315. The predicted molar refractivity (Wildman–Crippen MR) is 40.5 cm³/mol. The molecule has 0 atom stereocenters. The third kappa shape index (κ3) is 10.2. The summed E-state index contributed by atoms with van der Waals surface area (Å²) in [6, 6.07) is 0. The Balaban J connectivity index is 3.12. The van der Waals surface area contributed by atoms with Gasteiger partial charge in [-0.2, -0.15) is 0 Å². The fraction of sp³-hybridized carbons (Fsp3) is 1.00. The zero-order chi connectivity index (χ0) is 9.61. The second kappa shape index (κ2) is 5.77. The first-order valence-electron chi connectivity index (χ1n) is 3.40. The Bertz CT molecular complexity index is 111. The highest BCUT2D eigenvalue weighted by Gasteiger charge is 2.16. The maximum Gasteiger partial charge on any atom is 0.327 e. The minimum Gasteiger partial charge on any atom is -0.344 e. The van der Waals surface area contributed by atoms with E-state index in [0.29, 0.717) is 12.8 Å². The molecule has 0 aliphatic heterocycles. The monoisotopic (exact) mass is 200 g/mol. The molecule has 74 valence electrons. The van der Waals surface area contributed by atoms with Crippen molar-refractivity contribution in [2.45, 2.75) is 25.2 Å². The van der Waals surface area contributed by atoms with Crippen LogP contribution in [0, 0.1) is 0 Å². The topological polar surface area (TPSA) is 110 Å². The van der Waals surface area contributed by atoms with Crippen molar-refractivity contribution in [1.29, 1.82) is 0 Å². The van der Waals surface area contributed by atoms with E-state index in [1.807, 2.05) is 0 Å². The Morgan fingerprint density at radius 3 is 2.08 bits per heavy atom. The molecule has 0 spiro atoms. The van der Waals surface area contributed by atoms with Crippen molar-refractivity contribution in [3.63, 3.8) is 0 Å². The summed E-state index contributed by atoms with van der Waals surface area (Å²) in [5.41, 5.74) is 0. The van der Waals surface area contributed by atoms with Gasteiger partial charge in [-0.1, -0.05) is 0 Å². The molecule has 0 aromatic heterocycles. The maximum atomic E-state index is 8.40. The predicted octanol–water partition coefficient (Wildman–Crippen LogP) is -0.985. The third-order valence-electron chi connectivity index (χ3n) is 1.11. The molecule has 0 bridgehead atoms. The molecule has 0 aromatic rings. The van der Waals surface area contributed by atoms with Crippen LogP contribution in [-0.4, -0.2) is 37.7 Å². The molecule has 0 saturated heterocycles. The summed E-state index contributed by atoms with van der Waals surface area (Å²) < 4.78 is 4.39. The van der Waals surface area contributed by atoms with E-state index in [0.717, 1.165) is 0 Å². The molecule has 7 heteroatoms. The Kier molecular flexibility index (Phi) is 5.86. The first-order valence-corrected chi connectivity index (χ1v) is 4.56. The summed E-state index contributed by atoms with van der Waals surface area (Å²) in [5, 5.41) is 25.2. The van der Waals surface area contributed by atoms with Crippen molar-refractivity contribution in [2.75, 3.05) is 6.61 Å². The summed E-state index contributed by atoms with van der Waals surface area (Å²) >= 11 is 0. The van der Waals surface area contributed by atoms with E-state index < -0.39 is 14.6 Å². The summed E-state index contributed by atoms with van der Waals surface area (Å²) in [6.45, 7) is 0.120. The lowest BCUT2D eigenvalue weighted by Crippen LogP contribution is -2.26. The molecule has 12 heavy (non-hydrogen) atoms. The van der Waals surface area contributed by atoms with Crippen LogP contribution in [0.2, 0.25) is 0 Å². The highest BCUT2D eigenvalue weighted by atomic mass is 31.2. The molecule has 0 aliphatic rings. The van der Waals surface area contributed by atoms with Gasteiger partial charge in [0.2, 0.25) is 0 Å². The van der Waals surface area contributed by atoms with Gasteiger partial charge in [-0.25, -0.2) is 0 Å². The Labute approximate surface area is 71.0 Å². The van der Waals surface area contributed by atoms with Crippen LogP contribution in [0.25, 0.3) is 0 Å². The molecule has 0 radical (unpaired) electrons. The van der Waals surface area contributed by atoms with E-state index in [9.17, 15) is 0 Å². The average Bonchev–Trinajstić information content (AvgIpc) is 1.83. The van der Waals surface area contributed by atoms with Gasteiger partial charge >= 0.3 is 8.60 Å². The van der Waals surface area contributed by atoms with Gasteiger partial charge in [0.15, 0.2) is 0 Å². The molecule has 0 fully saturated rings. The first-order chi connectivity index (χ1) is 5.42. The minimum atomic E-state index is -2.64. The molecular weight excluding hydrogens is 187 g/mol. The molecule has 0 aromatic carbocycles. The summed E-state index contributed by atoms with van der Waals surface area (Å²) in [5.74, 6) is -2.64. The standard InChI is InChI=1S/C5H13O6P/c6-5(7,8)3-1-2-4-11-12(9)10/h6-10H,1-4H2. The van der Waals surface area contributed by atoms with E-state index in [1.165, 1.54) is 0 Å². The smallest absolute Gasteiger partial charge is 0.327 e. The van der Waals surface area contributed by atoms with Gasteiger partial charge in [-0.15, -0.1) is 0 Å². The van der Waals surface area contributed by atoms with Gasteiger partial charge in [0.1, 0.15) is 0 Å². The van der Waals surface area contributed by atoms with Crippen LogP contribution in [0.3, 0.4) is 0 Å². The first kappa shape index (κ1) is 12.2. The van der Waals surface area contributed by atoms with Crippen molar-refractivity contribution < 1.29 is 29.6 Å². The Morgan fingerprint density at radius 1 is 1.08 bits per heavy atom. The van der Waals surface area contributed by atoms with Crippen molar-refractivity contribution in [3.8, 4) is 0 Å². The largest absolute Gasteiger partial charge is 0.344 e. The van der Waals surface area contributed by atoms with Crippen molar-refractivity contribution in [3.05, 3.63) is 0 Å². The number of hydrogen-bond donors (Lipinski definition) is 5. The van der Waals surface area contributed by atoms with Gasteiger partial charge in [-0.05, 0) is 12.8 Å². The number of rotatable bonds is 6. The molecule has 0 amide bonds. The fourth-order valence-corrected chi connectivity index (χ4v) is 0.903. The van der Waals surface area contributed by atoms with E-state index in [-0.39, 0.29) is 13.0 Å². The van der Waals surface area contributed by atoms with Crippen molar-refractivity contribution in [2.24, 2.45) is 0 Å². The van der Waals surface area contributed by atoms with E-state index >= 15 is 0 Å². The SMILES string of the molecule is OP(O)OCCCCC(O)(O)O. The molecular formula is C5H13O6P. The van der Waals surface area contributed by atoms with Crippen LogP contribution in [-0.2, 0) is 4.52 Å². The normalized spacial score (nSPS) is 12.5. The van der Waals surface area contributed by atoms with Crippen LogP contribution in [0.5, 0.6) is 0 Å². The lowest BCUT2D eigenvalue weighted by Gasteiger charge is -2.12. The van der Waals surface area contributed by atoms with Crippen LogP contribution < -0.4 is 0 Å². The van der Waals surface area contributed by atoms with Gasteiger partial charge < -0.3 is 29.6 Å². The van der Waals surface area contributed by atoms with Crippen molar-refractivity contribution in [1.82, 2.24) is 0 Å². The van der Waals surface area contributed by atoms with Gasteiger partial charge in [-0.3, -0.25) is 0 Å². The summed E-state index contributed by atoms with van der Waals surface area (Å²) in [6.07, 6.45) is 0.557. The molecule has 0 saturated carbocycles. The molecule has 6 nitrogen and oxygen atoms in total. The van der Waals surface area contributed by atoms with Crippen LogP contribution in [0.15, 0.2) is 0 Å². The highest BCUT2D eigenvalue weighted by molar-refractivity contribution is 7.39.